The SMILES string of the molecule is CC(C(=O)Nc1ccc(N)cc1)S(=O)Cc1ccccc1. The van der Waals surface area contributed by atoms with Gasteiger partial charge in [0.2, 0.25) is 5.91 Å². The minimum absolute atomic E-state index is 0.256. The van der Waals surface area contributed by atoms with E-state index >= 15 is 0 Å². The van der Waals surface area contributed by atoms with E-state index in [0.29, 0.717) is 17.1 Å². The highest BCUT2D eigenvalue weighted by molar-refractivity contribution is 7.85. The molecular weight excluding hydrogens is 284 g/mol. The van der Waals surface area contributed by atoms with E-state index in [1.807, 2.05) is 30.3 Å². The van der Waals surface area contributed by atoms with Crippen molar-refractivity contribution in [2.24, 2.45) is 0 Å². The fourth-order valence-corrected chi connectivity index (χ4v) is 2.86. The first kappa shape index (κ1) is 15.3. The van der Waals surface area contributed by atoms with Crippen molar-refractivity contribution in [3.8, 4) is 0 Å². The number of rotatable bonds is 5. The molecule has 2 aromatic rings. The van der Waals surface area contributed by atoms with E-state index in [1.54, 1.807) is 31.2 Å². The van der Waals surface area contributed by atoms with Gasteiger partial charge in [0.15, 0.2) is 0 Å². The Labute approximate surface area is 126 Å². The number of nitrogens with one attached hydrogen (secondary N) is 1. The molecule has 4 nitrogen and oxygen atoms in total. The van der Waals surface area contributed by atoms with E-state index in [2.05, 4.69) is 5.32 Å². The summed E-state index contributed by atoms with van der Waals surface area (Å²) >= 11 is 0. The third-order valence-electron chi connectivity index (χ3n) is 3.09. The van der Waals surface area contributed by atoms with Gasteiger partial charge in [-0.15, -0.1) is 0 Å². The number of benzene rings is 2. The number of hydrogen-bond donors (Lipinski definition) is 2. The van der Waals surface area contributed by atoms with Crippen molar-refractivity contribution in [2.45, 2.75) is 17.9 Å². The lowest BCUT2D eigenvalue weighted by molar-refractivity contribution is -0.115. The molecular formula is C16H18N2O2S. The van der Waals surface area contributed by atoms with Crippen molar-refractivity contribution in [3.05, 3.63) is 60.2 Å². The van der Waals surface area contributed by atoms with Gasteiger partial charge in [0.25, 0.3) is 0 Å². The molecule has 21 heavy (non-hydrogen) atoms. The van der Waals surface area contributed by atoms with E-state index in [1.165, 1.54) is 0 Å². The molecule has 2 rings (SSSR count). The quantitative estimate of drug-likeness (QED) is 0.834. The molecule has 0 aliphatic carbocycles. The standard InChI is InChI=1S/C16H18N2O2S/c1-12(21(20)11-13-5-3-2-4-6-13)16(19)18-15-9-7-14(17)8-10-15/h2-10,12H,11,17H2,1H3,(H,18,19). The molecule has 0 heterocycles. The van der Waals surface area contributed by atoms with Crippen LogP contribution in [0.15, 0.2) is 54.6 Å². The Morgan fingerprint density at radius 2 is 1.76 bits per heavy atom. The monoisotopic (exact) mass is 302 g/mol. The molecule has 0 bridgehead atoms. The van der Waals surface area contributed by atoms with Crippen LogP contribution in [0, 0.1) is 0 Å². The summed E-state index contributed by atoms with van der Waals surface area (Å²) in [6.45, 7) is 1.67. The zero-order chi connectivity index (χ0) is 15.2. The van der Waals surface area contributed by atoms with Gasteiger partial charge in [-0.1, -0.05) is 30.3 Å². The zero-order valence-electron chi connectivity index (χ0n) is 11.8. The predicted molar refractivity (Wildman–Crippen MR) is 87.2 cm³/mol. The van der Waals surface area contributed by atoms with Crippen LogP contribution in [0.25, 0.3) is 0 Å². The Morgan fingerprint density at radius 3 is 2.38 bits per heavy atom. The summed E-state index contributed by atoms with van der Waals surface area (Å²) in [5.74, 6) is 0.117. The van der Waals surface area contributed by atoms with Crippen LogP contribution in [-0.2, 0) is 21.3 Å². The van der Waals surface area contributed by atoms with E-state index in [-0.39, 0.29) is 5.91 Å². The summed E-state index contributed by atoms with van der Waals surface area (Å²) in [6.07, 6.45) is 0. The van der Waals surface area contributed by atoms with Crippen molar-refractivity contribution in [2.75, 3.05) is 11.1 Å². The van der Waals surface area contributed by atoms with Crippen LogP contribution in [0.5, 0.6) is 0 Å². The molecule has 0 saturated heterocycles. The summed E-state index contributed by atoms with van der Waals surface area (Å²) in [4.78, 5) is 12.1. The number of hydrogen-bond acceptors (Lipinski definition) is 3. The first-order valence-corrected chi connectivity index (χ1v) is 8.02. The second kappa shape index (κ2) is 7.04. The first-order valence-electron chi connectivity index (χ1n) is 6.64. The molecule has 0 saturated carbocycles. The van der Waals surface area contributed by atoms with E-state index in [0.717, 1.165) is 5.56 Å². The van der Waals surface area contributed by atoms with Crippen LogP contribution in [-0.4, -0.2) is 15.4 Å². The minimum atomic E-state index is -1.26. The normalized spacial score (nSPS) is 13.4. The maximum absolute atomic E-state index is 12.2. The number of amides is 1. The second-order valence-electron chi connectivity index (χ2n) is 4.76. The van der Waals surface area contributed by atoms with Crippen molar-refractivity contribution in [1.82, 2.24) is 0 Å². The van der Waals surface area contributed by atoms with E-state index in [9.17, 15) is 9.00 Å². The number of carbonyl (C=O) groups is 1. The summed E-state index contributed by atoms with van der Waals surface area (Å²) in [5.41, 5.74) is 7.83. The zero-order valence-corrected chi connectivity index (χ0v) is 12.6. The van der Waals surface area contributed by atoms with Gasteiger partial charge in [-0.2, -0.15) is 0 Å². The predicted octanol–water partition coefficient (Wildman–Crippen LogP) is 2.54. The fraction of sp³-hybridized carbons (Fsp3) is 0.188. The van der Waals surface area contributed by atoms with Gasteiger partial charge in [-0.05, 0) is 36.8 Å². The molecule has 110 valence electrons. The Kier molecular flexibility index (Phi) is 5.11. The average Bonchev–Trinajstić information content (AvgIpc) is 2.49. The van der Waals surface area contributed by atoms with E-state index < -0.39 is 16.0 Å². The van der Waals surface area contributed by atoms with Crippen LogP contribution in [0.4, 0.5) is 11.4 Å². The number of nitrogens with two attached hydrogens (primary N) is 1. The van der Waals surface area contributed by atoms with Gasteiger partial charge in [0, 0.05) is 27.9 Å². The maximum atomic E-state index is 12.2. The van der Waals surface area contributed by atoms with Crippen LogP contribution >= 0.6 is 0 Å². The highest BCUT2D eigenvalue weighted by atomic mass is 32.2. The number of nitrogen functional groups attached to an aromatic ring is 1. The van der Waals surface area contributed by atoms with Crippen molar-refractivity contribution in [3.63, 3.8) is 0 Å². The molecule has 0 fully saturated rings. The molecule has 5 heteroatoms. The smallest absolute Gasteiger partial charge is 0.239 e. The largest absolute Gasteiger partial charge is 0.399 e. The molecule has 2 atom stereocenters. The van der Waals surface area contributed by atoms with Gasteiger partial charge in [-0.3, -0.25) is 9.00 Å². The molecule has 0 aliphatic rings. The highest BCUT2D eigenvalue weighted by Crippen LogP contribution is 2.13. The molecule has 1 amide bonds. The second-order valence-corrected chi connectivity index (χ2v) is 6.52. The summed E-state index contributed by atoms with van der Waals surface area (Å²) in [6, 6.07) is 16.4. The minimum Gasteiger partial charge on any atom is -0.399 e. The lowest BCUT2D eigenvalue weighted by Gasteiger charge is -2.12. The van der Waals surface area contributed by atoms with Gasteiger partial charge < -0.3 is 11.1 Å². The lowest BCUT2D eigenvalue weighted by Crippen LogP contribution is -2.29. The Hall–Kier alpha value is -2.14. The summed E-state index contributed by atoms with van der Waals surface area (Å²) in [7, 11) is -1.26. The van der Waals surface area contributed by atoms with Crippen LogP contribution < -0.4 is 11.1 Å². The van der Waals surface area contributed by atoms with Crippen LogP contribution in [0.2, 0.25) is 0 Å². The van der Waals surface area contributed by atoms with Crippen LogP contribution in [0.3, 0.4) is 0 Å². The van der Waals surface area contributed by atoms with Gasteiger partial charge in [0.1, 0.15) is 5.25 Å². The molecule has 0 aliphatic heterocycles. The Bertz CT molecular complexity index is 626. The number of anilines is 2. The van der Waals surface area contributed by atoms with Crippen molar-refractivity contribution >= 4 is 28.1 Å². The van der Waals surface area contributed by atoms with E-state index in [4.69, 9.17) is 5.73 Å². The molecule has 3 N–H and O–H groups in total. The fourth-order valence-electron chi connectivity index (χ4n) is 1.79. The Balaban J connectivity index is 1.95. The summed E-state index contributed by atoms with van der Waals surface area (Å²) in [5, 5.41) is 2.17. The lowest BCUT2D eigenvalue weighted by atomic mass is 10.2. The van der Waals surface area contributed by atoms with Crippen LogP contribution in [0.1, 0.15) is 12.5 Å². The van der Waals surface area contributed by atoms with Crippen molar-refractivity contribution in [1.29, 1.82) is 0 Å². The third-order valence-corrected chi connectivity index (χ3v) is 4.71. The molecule has 0 aromatic heterocycles. The topological polar surface area (TPSA) is 72.2 Å². The average molecular weight is 302 g/mol. The first-order chi connectivity index (χ1) is 10.1. The van der Waals surface area contributed by atoms with Crippen molar-refractivity contribution < 1.29 is 9.00 Å². The van der Waals surface area contributed by atoms with Gasteiger partial charge in [-0.25, -0.2) is 0 Å². The third kappa shape index (κ3) is 4.43. The van der Waals surface area contributed by atoms with Gasteiger partial charge >= 0.3 is 0 Å². The highest BCUT2D eigenvalue weighted by Gasteiger charge is 2.20. The maximum Gasteiger partial charge on any atom is 0.239 e. The number of carbonyl (C=O) groups excluding carboxylic acids is 1. The summed E-state index contributed by atoms with van der Waals surface area (Å²) < 4.78 is 12.2. The van der Waals surface area contributed by atoms with Gasteiger partial charge in [0.05, 0.1) is 0 Å². The molecule has 0 radical (unpaired) electrons. The molecule has 0 spiro atoms. The Morgan fingerprint density at radius 1 is 1.14 bits per heavy atom. The molecule has 2 unspecified atom stereocenters. The molecule has 2 aromatic carbocycles.